The molecule has 0 amide bonds. The van der Waals surface area contributed by atoms with Crippen LogP contribution < -0.4 is 0 Å². The van der Waals surface area contributed by atoms with Crippen LogP contribution in [0.15, 0.2) is 0 Å². The molecule has 2 atom stereocenters. The van der Waals surface area contributed by atoms with Gasteiger partial charge in [-0.3, -0.25) is 9.59 Å². The van der Waals surface area contributed by atoms with Crippen LogP contribution in [-0.2, 0) is 9.59 Å². The van der Waals surface area contributed by atoms with Gasteiger partial charge in [-0.2, -0.15) is 0 Å². The Balaban J connectivity index is 0.000000760. The number of hydrogen-bond donors (Lipinski definition) is 2. The van der Waals surface area contributed by atoms with Crippen molar-refractivity contribution in [2.45, 2.75) is 206 Å². The van der Waals surface area contributed by atoms with Crippen molar-refractivity contribution >= 4 is 11.9 Å². The van der Waals surface area contributed by atoms with Gasteiger partial charge < -0.3 is 10.2 Å². The van der Waals surface area contributed by atoms with Crippen molar-refractivity contribution < 1.29 is 19.8 Å². The lowest BCUT2D eigenvalue weighted by Gasteiger charge is -2.15. The van der Waals surface area contributed by atoms with Crippen LogP contribution in [0.25, 0.3) is 0 Å². The van der Waals surface area contributed by atoms with Crippen molar-refractivity contribution in [3.63, 3.8) is 0 Å². The Kier molecular flexibility index (Phi) is 30.1. The van der Waals surface area contributed by atoms with Crippen molar-refractivity contribution in [2.24, 2.45) is 11.8 Å². The van der Waals surface area contributed by atoms with E-state index in [1.54, 1.807) is 0 Å². The molecule has 1 fully saturated rings. The first-order valence-corrected chi connectivity index (χ1v) is 18.0. The predicted molar refractivity (Wildman–Crippen MR) is 172 cm³/mol. The van der Waals surface area contributed by atoms with Crippen LogP contribution in [0.1, 0.15) is 206 Å². The summed E-state index contributed by atoms with van der Waals surface area (Å²) in [5.74, 6) is -0.769. The van der Waals surface area contributed by atoms with Gasteiger partial charge in [0.1, 0.15) is 0 Å². The third-order valence-electron chi connectivity index (χ3n) is 8.90. The molecule has 0 saturated heterocycles. The van der Waals surface area contributed by atoms with Crippen molar-refractivity contribution in [3.8, 4) is 0 Å². The molecular weight excluding hydrogens is 496 g/mol. The molecule has 1 saturated carbocycles. The van der Waals surface area contributed by atoms with Crippen LogP contribution in [0, 0.1) is 11.8 Å². The van der Waals surface area contributed by atoms with Gasteiger partial charge in [0.25, 0.3) is 0 Å². The minimum absolute atomic E-state index is 0.0337. The first kappa shape index (κ1) is 38.9. The van der Waals surface area contributed by atoms with Crippen LogP contribution >= 0.6 is 0 Å². The molecule has 0 bridgehead atoms. The zero-order valence-electron chi connectivity index (χ0n) is 27.1. The molecule has 0 spiro atoms. The van der Waals surface area contributed by atoms with Crippen LogP contribution in [-0.4, -0.2) is 22.2 Å². The maximum absolute atomic E-state index is 11.1. The smallest absolute Gasteiger partial charge is 0.306 e. The largest absolute Gasteiger partial charge is 0.481 e. The van der Waals surface area contributed by atoms with E-state index in [1.165, 1.54) is 148 Å². The average Bonchev–Trinajstić information content (AvgIpc) is 3.41. The maximum Gasteiger partial charge on any atom is 0.306 e. The van der Waals surface area contributed by atoms with Crippen LogP contribution in [0.2, 0.25) is 0 Å². The summed E-state index contributed by atoms with van der Waals surface area (Å²) < 4.78 is 0. The fraction of sp³-hybridized carbons (Fsp3) is 0.944. The minimum atomic E-state index is -0.653. The molecule has 0 heterocycles. The molecule has 4 nitrogen and oxygen atoms in total. The van der Waals surface area contributed by atoms with Gasteiger partial charge in [0.15, 0.2) is 0 Å². The number of hydrogen-bond acceptors (Lipinski definition) is 2. The Morgan fingerprint density at radius 3 is 1.20 bits per heavy atom. The molecule has 238 valence electrons. The molecule has 0 aromatic heterocycles. The summed E-state index contributed by atoms with van der Waals surface area (Å²) in [7, 11) is 0. The third kappa shape index (κ3) is 27.1. The number of unbranched alkanes of at least 4 members (excludes halogenated alkanes) is 23. The molecule has 0 aliphatic heterocycles. The molecular formula is C36H70O4. The molecule has 1 rings (SSSR count). The zero-order valence-corrected chi connectivity index (χ0v) is 27.1. The van der Waals surface area contributed by atoms with Gasteiger partial charge in [0, 0.05) is 6.42 Å². The number of carbonyl (C=O) groups is 2. The molecule has 0 aromatic carbocycles. The predicted octanol–water partition coefficient (Wildman–Crippen LogP) is 12.1. The average molecular weight is 567 g/mol. The van der Waals surface area contributed by atoms with E-state index < -0.39 is 11.9 Å². The Morgan fingerprint density at radius 2 is 0.850 bits per heavy atom. The van der Waals surface area contributed by atoms with Crippen molar-refractivity contribution in [2.75, 3.05) is 0 Å². The van der Waals surface area contributed by atoms with E-state index in [9.17, 15) is 9.59 Å². The summed E-state index contributed by atoms with van der Waals surface area (Å²) >= 11 is 0. The van der Waals surface area contributed by atoms with E-state index in [0.717, 1.165) is 38.5 Å². The van der Waals surface area contributed by atoms with Gasteiger partial charge in [-0.15, -0.1) is 0 Å². The van der Waals surface area contributed by atoms with Crippen LogP contribution in [0.3, 0.4) is 0 Å². The normalized spacial score (nSPS) is 16.6. The molecule has 1 aliphatic carbocycles. The fourth-order valence-corrected chi connectivity index (χ4v) is 6.25. The number of rotatable bonds is 28. The van der Waals surface area contributed by atoms with Gasteiger partial charge in [0.05, 0.1) is 5.92 Å². The summed E-state index contributed by atoms with van der Waals surface area (Å²) in [6.45, 7) is 4.53. The first-order chi connectivity index (χ1) is 19.5. The topological polar surface area (TPSA) is 74.6 Å². The molecule has 1 aliphatic rings. The van der Waals surface area contributed by atoms with E-state index in [0.29, 0.717) is 12.3 Å². The second kappa shape index (κ2) is 30.9. The SMILES string of the molecule is CCCCCCCCCCCCC1CCCC1C(=O)O.CCCCCCCCCCCCCCCCCC(=O)O. The lowest BCUT2D eigenvalue weighted by Crippen LogP contribution is -2.18. The molecule has 0 aromatic rings. The third-order valence-corrected chi connectivity index (χ3v) is 8.90. The number of aliphatic carboxylic acids is 2. The highest BCUT2D eigenvalue weighted by molar-refractivity contribution is 5.70. The van der Waals surface area contributed by atoms with Crippen molar-refractivity contribution in [3.05, 3.63) is 0 Å². The summed E-state index contributed by atoms with van der Waals surface area (Å²) in [6.07, 6.45) is 38.1. The molecule has 0 radical (unpaired) electrons. The van der Waals surface area contributed by atoms with E-state index in [4.69, 9.17) is 10.2 Å². The van der Waals surface area contributed by atoms with E-state index in [1.807, 2.05) is 0 Å². The molecule has 2 unspecified atom stereocenters. The Labute approximate surface area is 249 Å². The summed E-state index contributed by atoms with van der Waals surface area (Å²) in [5, 5.41) is 17.7. The van der Waals surface area contributed by atoms with Crippen LogP contribution in [0.5, 0.6) is 0 Å². The number of carboxylic acids is 2. The minimum Gasteiger partial charge on any atom is -0.481 e. The summed E-state index contributed by atoms with van der Waals surface area (Å²) in [4.78, 5) is 21.4. The zero-order chi connectivity index (χ0) is 29.5. The van der Waals surface area contributed by atoms with E-state index in [2.05, 4.69) is 13.8 Å². The molecule has 4 heteroatoms. The Morgan fingerprint density at radius 1 is 0.500 bits per heavy atom. The Bertz CT molecular complexity index is 547. The standard InChI is InChI=1S/C18H34O2.C18H36O2/c1-2-3-4-5-6-7-8-9-10-11-13-16-14-12-15-17(16)18(19)20;1-2-3-4-5-6-7-8-9-10-11-12-13-14-15-16-17-18(19)20/h16-17H,2-15H2,1H3,(H,19,20);2-17H2,1H3,(H,19,20). The first-order valence-electron chi connectivity index (χ1n) is 18.0. The highest BCUT2D eigenvalue weighted by Crippen LogP contribution is 2.35. The maximum atomic E-state index is 11.1. The van der Waals surface area contributed by atoms with Crippen molar-refractivity contribution in [1.29, 1.82) is 0 Å². The summed E-state index contributed by atoms with van der Waals surface area (Å²) in [6, 6.07) is 0. The van der Waals surface area contributed by atoms with Gasteiger partial charge in [-0.1, -0.05) is 174 Å². The van der Waals surface area contributed by atoms with Gasteiger partial charge >= 0.3 is 11.9 Å². The van der Waals surface area contributed by atoms with Gasteiger partial charge in [-0.05, 0) is 31.6 Å². The second-order valence-electron chi connectivity index (χ2n) is 12.7. The highest BCUT2D eigenvalue weighted by Gasteiger charge is 2.31. The lowest BCUT2D eigenvalue weighted by molar-refractivity contribution is -0.143. The number of carboxylic acid groups (broad SMARTS) is 2. The molecule has 40 heavy (non-hydrogen) atoms. The van der Waals surface area contributed by atoms with Crippen molar-refractivity contribution in [1.82, 2.24) is 0 Å². The van der Waals surface area contributed by atoms with E-state index in [-0.39, 0.29) is 5.92 Å². The molecule has 2 N–H and O–H groups in total. The Hall–Kier alpha value is -1.06. The quantitative estimate of drug-likeness (QED) is 0.0923. The second-order valence-corrected chi connectivity index (χ2v) is 12.7. The van der Waals surface area contributed by atoms with Crippen LogP contribution in [0.4, 0.5) is 0 Å². The summed E-state index contributed by atoms with van der Waals surface area (Å²) in [5.41, 5.74) is 0. The van der Waals surface area contributed by atoms with Gasteiger partial charge in [0.2, 0.25) is 0 Å². The lowest BCUT2D eigenvalue weighted by atomic mass is 9.90. The monoisotopic (exact) mass is 567 g/mol. The van der Waals surface area contributed by atoms with E-state index >= 15 is 0 Å². The fourth-order valence-electron chi connectivity index (χ4n) is 6.25. The highest BCUT2D eigenvalue weighted by atomic mass is 16.4. The van der Waals surface area contributed by atoms with Gasteiger partial charge in [-0.25, -0.2) is 0 Å².